The van der Waals surface area contributed by atoms with E-state index in [-0.39, 0.29) is 30.2 Å². The van der Waals surface area contributed by atoms with Gasteiger partial charge in [0, 0.05) is 18.5 Å². The minimum Gasteiger partial charge on any atom is -0.445 e. The van der Waals surface area contributed by atoms with Gasteiger partial charge in [-0.05, 0) is 23.8 Å². The molecule has 26 heavy (non-hydrogen) atoms. The predicted molar refractivity (Wildman–Crippen MR) is 92.6 cm³/mol. The van der Waals surface area contributed by atoms with Crippen LogP contribution in [0.2, 0.25) is 5.02 Å². The third-order valence-electron chi connectivity index (χ3n) is 3.24. The van der Waals surface area contributed by atoms with E-state index in [2.05, 4.69) is 17.2 Å². The maximum absolute atomic E-state index is 12.8. The molecule has 3 nitrogen and oxygen atoms in total. The summed E-state index contributed by atoms with van der Waals surface area (Å²) in [6, 6.07) is 12.7. The summed E-state index contributed by atoms with van der Waals surface area (Å²) in [7, 11) is 0. The van der Waals surface area contributed by atoms with Gasteiger partial charge < -0.3 is 10.1 Å². The van der Waals surface area contributed by atoms with Gasteiger partial charge in [0.2, 0.25) is 0 Å². The Morgan fingerprint density at radius 1 is 1.15 bits per heavy atom. The van der Waals surface area contributed by atoms with Gasteiger partial charge in [0.25, 0.3) is 0 Å². The van der Waals surface area contributed by atoms with Crippen molar-refractivity contribution in [1.29, 1.82) is 0 Å². The lowest BCUT2D eigenvalue weighted by molar-refractivity contribution is -0.137. The third-order valence-corrected chi connectivity index (χ3v) is 3.57. The molecule has 0 unspecified atom stereocenters. The molecule has 0 saturated heterocycles. The molecular formula is C19H15ClF3NO2. The van der Waals surface area contributed by atoms with Gasteiger partial charge in [-0.2, -0.15) is 13.2 Å². The summed E-state index contributed by atoms with van der Waals surface area (Å²) in [5.41, 5.74) is 0.146. The quantitative estimate of drug-likeness (QED) is 0.596. The Bertz CT molecular complexity index is 811. The first-order chi connectivity index (χ1) is 12.4. The van der Waals surface area contributed by atoms with Crippen molar-refractivity contribution in [2.45, 2.75) is 19.2 Å². The van der Waals surface area contributed by atoms with E-state index in [1.54, 1.807) is 0 Å². The topological polar surface area (TPSA) is 38.3 Å². The largest absolute Gasteiger partial charge is 0.445 e. The number of alkyl halides is 3. The van der Waals surface area contributed by atoms with Gasteiger partial charge in [-0.25, -0.2) is 4.79 Å². The highest BCUT2D eigenvalue weighted by Gasteiger charge is 2.33. The normalized spacial score (nSPS) is 10.6. The second-order valence-corrected chi connectivity index (χ2v) is 5.64. The van der Waals surface area contributed by atoms with Crippen molar-refractivity contribution in [2.24, 2.45) is 0 Å². The molecule has 0 aliphatic rings. The Balaban J connectivity index is 1.77. The number of ether oxygens (including phenoxy) is 1. The summed E-state index contributed by atoms with van der Waals surface area (Å²) in [5, 5.41) is 2.15. The zero-order chi connectivity index (χ0) is 19.0. The average Bonchev–Trinajstić information content (AvgIpc) is 2.61. The Kier molecular flexibility index (Phi) is 6.93. The van der Waals surface area contributed by atoms with E-state index in [0.29, 0.717) is 0 Å². The van der Waals surface area contributed by atoms with Crippen LogP contribution < -0.4 is 5.32 Å². The highest BCUT2D eigenvalue weighted by molar-refractivity contribution is 6.31. The van der Waals surface area contributed by atoms with Crippen LogP contribution in [0.15, 0.2) is 48.5 Å². The van der Waals surface area contributed by atoms with Crippen LogP contribution in [-0.4, -0.2) is 12.6 Å². The molecule has 2 aromatic rings. The van der Waals surface area contributed by atoms with E-state index in [9.17, 15) is 18.0 Å². The third kappa shape index (κ3) is 6.34. The number of amides is 1. The number of halogens is 4. The van der Waals surface area contributed by atoms with Gasteiger partial charge in [-0.1, -0.05) is 53.8 Å². The molecule has 7 heteroatoms. The molecule has 136 valence electrons. The van der Waals surface area contributed by atoms with E-state index in [1.807, 2.05) is 30.3 Å². The Morgan fingerprint density at radius 2 is 1.88 bits per heavy atom. The van der Waals surface area contributed by atoms with Gasteiger partial charge in [0.05, 0.1) is 10.6 Å². The number of alkyl carbamates (subject to hydrolysis) is 1. The predicted octanol–water partition coefficient (Wildman–Crippen LogP) is 5.03. The van der Waals surface area contributed by atoms with Crippen LogP contribution in [0.25, 0.3) is 0 Å². The van der Waals surface area contributed by atoms with Crippen LogP contribution in [0.4, 0.5) is 18.0 Å². The lowest BCUT2D eigenvalue weighted by Gasteiger charge is -2.08. The fourth-order valence-corrected chi connectivity index (χ4v) is 2.21. The van der Waals surface area contributed by atoms with Gasteiger partial charge in [0.1, 0.15) is 6.61 Å². The molecule has 2 rings (SSSR count). The molecule has 0 spiro atoms. The van der Waals surface area contributed by atoms with Crippen LogP contribution in [0.5, 0.6) is 0 Å². The van der Waals surface area contributed by atoms with E-state index in [0.717, 1.165) is 17.7 Å². The van der Waals surface area contributed by atoms with Gasteiger partial charge in [-0.3, -0.25) is 0 Å². The number of rotatable bonds is 4. The van der Waals surface area contributed by atoms with E-state index >= 15 is 0 Å². The highest BCUT2D eigenvalue weighted by Crippen LogP contribution is 2.34. The van der Waals surface area contributed by atoms with Crippen molar-refractivity contribution in [3.63, 3.8) is 0 Å². The van der Waals surface area contributed by atoms with Crippen LogP contribution >= 0.6 is 11.6 Å². The van der Waals surface area contributed by atoms with E-state index < -0.39 is 17.8 Å². The van der Waals surface area contributed by atoms with Gasteiger partial charge in [0.15, 0.2) is 0 Å². The van der Waals surface area contributed by atoms with E-state index in [4.69, 9.17) is 16.3 Å². The Labute approximate surface area is 154 Å². The molecule has 2 aromatic carbocycles. The van der Waals surface area contributed by atoms with Crippen molar-refractivity contribution in [1.82, 2.24) is 5.32 Å². The minimum atomic E-state index is -4.53. The van der Waals surface area contributed by atoms with Crippen molar-refractivity contribution in [3.8, 4) is 11.8 Å². The number of carbonyl (C=O) groups excluding carboxylic acids is 1. The number of benzene rings is 2. The molecule has 0 radical (unpaired) electrons. The molecule has 1 N–H and O–H groups in total. The van der Waals surface area contributed by atoms with Crippen molar-refractivity contribution in [2.75, 3.05) is 6.54 Å². The van der Waals surface area contributed by atoms with Crippen LogP contribution in [0.1, 0.15) is 23.1 Å². The van der Waals surface area contributed by atoms with Crippen LogP contribution in [-0.2, 0) is 17.5 Å². The summed E-state index contributed by atoms with van der Waals surface area (Å²) in [5.74, 6) is 5.31. The second-order valence-electron chi connectivity index (χ2n) is 5.23. The zero-order valence-corrected chi connectivity index (χ0v) is 14.3. The molecule has 0 atom stereocenters. The van der Waals surface area contributed by atoms with Crippen molar-refractivity contribution >= 4 is 17.7 Å². The maximum atomic E-state index is 12.8. The van der Waals surface area contributed by atoms with Crippen LogP contribution in [0, 0.1) is 11.8 Å². The number of carbonyl (C=O) groups is 1. The molecule has 0 aliphatic carbocycles. The lowest BCUT2D eigenvalue weighted by Crippen LogP contribution is -2.24. The maximum Gasteiger partial charge on any atom is 0.417 e. The van der Waals surface area contributed by atoms with E-state index in [1.165, 1.54) is 6.07 Å². The van der Waals surface area contributed by atoms with Crippen molar-refractivity contribution < 1.29 is 22.7 Å². The number of hydrogen-bond acceptors (Lipinski definition) is 2. The molecule has 0 aromatic heterocycles. The lowest BCUT2D eigenvalue weighted by atomic mass is 10.1. The molecule has 1 amide bonds. The smallest absolute Gasteiger partial charge is 0.417 e. The summed E-state index contributed by atoms with van der Waals surface area (Å²) >= 11 is 5.54. The number of hydrogen-bond donors (Lipinski definition) is 1. The first kappa shape index (κ1) is 19.7. The molecule has 0 aliphatic heterocycles. The fourth-order valence-electron chi connectivity index (χ4n) is 1.99. The monoisotopic (exact) mass is 381 g/mol. The standard InChI is InChI=1S/C19H15ClF3NO2/c20-17-10-9-14(12-16(17)19(21,22)23)6-4-5-11-24-18(25)26-13-15-7-2-1-3-8-15/h1-3,7-10,12H,5,11,13H2,(H,24,25). The molecule has 0 saturated carbocycles. The molecular weight excluding hydrogens is 367 g/mol. The Morgan fingerprint density at radius 3 is 2.58 bits per heavy atom. The SMILES string of the molecule is O=C(NCCC#Cc1ccc(Cl)c(C(F)(F)F)c1)OCc1ccccc1. The second kappa shape index (κ2) is 9.16. The van der Waals surface area contributed by atoms with Gasteiger partial charge >= 0.3 is 12.3 Å². The number of nitrogens with one attached hydrogen (secondary N) is 1. The van der Waals surface area contributed by atoms with Crippen LogP contribution in [0.3, 0.4) is 0 Å². The molecule has 0 bridgehead atoms. The highest BCUT2D eigenvalue weighted by atomic mass is 35.5. The molecule has 0 heterocycles. The minimum absolute atomic E-state index is 0.156. The first-order valence-corrected chi connectivity index (χ1v) is 8.04. The zero-order valence-electron chi connectivity index (χ0n) is 13.6. The fraction of sp³-hybridized carbons (Fsp3) is 0.211. The summed E-state index contributed by atoms with van der Waals surface area (Å²) in [4.78, 5) is 11.5. The average molecular weight is 382 g/mol. The Hall–Kier alpha value is -2.65. The molecule has 0 fully saturated rings. The first-order valence-electron chi connectivity index (χ1n) is 7.66. The van der Waals surface area contributed by atoms with Crippen molar-refractivity contribution in [3.05, 3.63) is 70.2 Å². The summed E-state index contributed by atoms with van der Waals surface area (Å²) < 4.78 is 43.3. The summed E-state index contributed by atoms with van der Waals surface area (Å²) in [6.07, 6.45) is -4.84. The summed E-state index contributed by atoms with van der Waals surface area (Å²) in [6.45, 7) is 0.379. The van der Waals surface area contributed by atoms with Gasteiger partial charge in [-0.15, -0.1) is 0 Å².